The smallest absolute Gasteiger partial charge is 0.412 e. The topological polar surface area (TPSA) is 51.2 Å². The quantitative estimate of drug-likeness (QED) is 0.887. The second kappa shape index (κ2) is 6.07. The highest BCUT2D eigenvalue weighted by Gasteiger charge is 2.16. The van der Waals surface area contributed by atoms with E-state index in [4.69, 9.17) is 27.9 Å². The van der Waals surface area contributed by atoms with Crippen LogP contribution in [0.15, 0.2) is 23.0 Å². The molecule has 0 fully saturated rings. The third-order valence-corrected chi connectivity index (χ3v) is 1.97. The van der Waals surface area contributed by atoms with Crippen molar-refractivity contribution in [3.8, 4) is 0 Å². The Balaban J connectivity index is 2.85. The molecule has 1 N–H and O–H groups in total. The van der Waals surface area contributed by atoms with Crippen LogP contribution >= 0.6 is 23.2 Å². The van der Waals surface area contributed by atoms with Gasteiger partial charge in [-0.2, -0.15) is 0 Å². The molecule has 98 valence electrons. The van der Waals surface area contributed by atoms with Gasteiger partial charge in [0, 0.05) is 11.8 Å². The first kappa shape index (κ1) is 14.8. The van der Waals surface area contributed by atoms with Crippen molar-refractivity contribution in [3.05, 3.63) is 28.5 Å². The molecule has 1 aromatic heterocycles. The summed E-state index contributed by atoms with van der Waals surface area (Å²) in [7, 11) is 0. The molecule has 1 heterocycles. The van der Waals surface area contributed by atoms with Crippen LogP contribution < -0.4 is 5.32 Å². The fraction of sp³-hybridized carbons (Fsp3) is 0.333. The van der Waals surface area contributed by atoms with Crippen molar-refractivity contribution in [2.75, 3.05) is 5.32 Å². The van der Waals surface area contributed by atoms with Crippen LogP contribution in [0.3, 0.4) is 0 Å². The zero-order valence-electron chi connectivity index (χ0n) is 10.3. The molecule has 6 heteroatoms. The van der Waals surface area contributed by atoms with Crippen LogP contribution in [0.2, 0.25) is 0 Å². The minimum Gasteiger partial charge on any atom is -0.444 e. The van der Waals surface area contributed by atoms with E-state index in [1.165, 1.54) is 12.3 Å². The average molecular weight is 289 g/mol. The maximum atomic E-state index is 11.6. The molecule has 0 saturated heterocycles. The molecule has 0 spiro atoms. The van der Waals surface area contributed by atoms with E-state index in [1.54, 1.807) is 33.0 Å². The lowest BCUT2D eigenvalue weighted by Gasteiger charge is -2.20. The van der Waals surface area contributed by atoms with E-state index < -0.39 is 11.7 Å². The molecule has 0 aliphatic rings. The molecule has 0 atom stereocenters. The van der Waals surface area contributed by atoms with Gasteiger partial charge in [-0.05, 0) is 32.9 Å². The highest BCUT2D eigenvalue weighted by atomic mass is 35.5. The zero-order valence-corrected chi connectivity index (χ0v) is 11.8. The standard InChI is InChI=1S/C12H14Cl2N2O2/c1-12(2,3)18-11(17)16-9-7-15-5-4-8(9)6-10(13)14/h4-7H,1-3H3,(H,16,17). The minimum atomic E-state index is -0.563. The number of aromatic nitrogens is 1. The Labute approximate surface area is 116 Å². The summed E-state index contributed by atoms with van der Waals surface area (Å²) in [6.07, 6.45) is 4.02. The van der Waals surface area contributed by atoms with E-state index >= 15 is 0 Å². The number of amides is 1. The second-order valence-corrected chi connectivity index (χ2v) is 5.53. The molecule has 0 bridgehead atoms. The Morgan fingerprint density at radius 3 is 2.67 bits per heavy atom. The molecule has 1 amide bonds. The van der Waals surface area contributed by atoms with Crippen LogP contribution in [-0.4, -0.2) is 16.7 Å². The number of hydrogen-bond acceptors (Lipinski definition) is 3. The van der Waals surface area contributed by atoms with Gasteiger partial charge < -0.3 is 4.74 Å². The van der Waals surface area contributed by atoms with Crippen LogP contribution in [0.25, 0.3) is 6.08 Å². The Bertz CT molecular complexity index is 463. The van der Waals surface area contributed by atoms with Gasteiger partial charge in [0.05, 0.1) is 11.9 Å². The molecule has 0 radical (unpaired) electrons. The lowest BCUT2D eigenvalue weighted by atomic mass is 10.2. The Kier molecular flexibility index (Phi) is 4.99. The van der Waals surface area contributed by atoms with Gasteiger partial charge in [-0.3, -0.25) is 10.3 Å². The fourth-order valence-electron chi connectivity index (χ4n) is 1.17. The summed E-state index contributed by atoms with van der Waals surface area (Å²) in [6, 6.07) is 1.68. The molecule has 0 unspecified atom stereocenters. The van der Waals surface area contributed by atoms with Crippen LogP contribution in [0, 0.1) is 0 Å². The maximum absolute atomic E-state index is 11.6. The number of rotatable bonds is 2. The van der Waals surface area contributed by atoms with E-state index in [0.29, 0.717) is 11.3 Å². The van der Waals surface area contributed by atoms with Gasteiger partial charge in [0.1, 0.15) is 10.1 Å². The molecular weight excluding hydrogens is 275 g/mol. The number of carbonyl (C=O) groups is 1. The highest BCUT2D eigenvalue weighted by molar-refractivity contribution is 6.57. The predicted octanol–water partition coefficient (Wildman–Crippen LogP) is 4.20. The first-order valence-corrected chi connectivity index (χ1v) is 6.00. The Morgan fingerprint density at radius 2 is 2.11 bits per heavy atom. The first-order valence-electron chi connectivity index (χ1n) is 5.24. The molecule has 4 nitrogen and oxygen atoms in total. The largest absolute Gasteiger partial charge is 0.444 e. The summed E-state index contributed by atoms with van der Waals surface area (Å²) in [5.74, 6) is 0. The Hall–Kier alpha value is -1.26. The number of nitrogens with one attached hydrogen (secondary N) is 1. The molecular formula is C12H14Cl2N2O2. The lowest BCUT2D eigenvalue weighted by molar-refractivity contribution is 0.0636. The number of pyridine rings is 1. The second-order valence-electron chi connectivity index (χ2n) is 4.52. The first-order chi connectivity index (χ1) is 8.28. The normalized spacial score (nSPS) is 10.7. The van der Waals surface area contributed by atoms with Gasteiger partial charge in [0.25, 0.3) is 0 Å². The number of ether oxygens (including phenoxy) is 1. The zero-order chi connectivity index (χ0) is 13.8. The molecule has 1 aromatic rings. The fourth-order valence-corrected chi connectivity index (χ4v) is 1.40. The van der Waals surface area contributed by atoms with Crippen molar-refractivity contribution < 1.29 is 9.53 Å². The minimum absolute atomic E-state index is 0.0911. The molecule has 0 aliphatic heterocycles. The van der Waals surface area contributed by atoms with Gasteiger partial charge in [-0.15, -0.1) is 0 Å². The van der Waals surface area contributed by atoms with Crippen LogP contribution in [0.4, 0.5) is 10.5 Å². The van der Waals surface area contributed by atoms with E-state index in [-0.39, 0.29) is 4.49 Å². The number of halogens is 2. The molecule has 0 aromatic carbocycles. The summed E-state index contributed by atoms with van der Waals surface area (Å²) in [5.41, 5.74) is 0.563. The van der Waals surface area contributed by atoms with Crippen LogP contribution in [0.1, 0.15) is 26.3 Å². The van der Waals surface area contributed by atoms with Crippen molar-refractivity contribution in [2.45, 2.75) is 26.4 Å². The SMILES string of the molecule is CC(C)(C)OC(=O)Nc1cnccc1C=C(Cl)Cl. The van der Waals surface area contributed by atoms with Crippen LogP contribution in [-0.2, 0) is 4.74 Å². The number of anilines is 1. The number of hydrogen-bond donors (Lipinski definition) is 1. The summed E-state index contributed by atoms with van der Waals surface area (Å²) in [4.78, 5) is 15.5. The summed E-state index contributed by atoms with van der Waals surface area (Å²) in [5, 5.41) is 2.59. The van der Waals surface area contributed by atoms with Gasteiger partial charge in [0.15, 0.2) is 0 Å². The molecule has 0 saturated carbocycles. The lowest BCUT2D eigenvalue weighted by Crippen LogP contribution is -2.27. The number of nitrogens with zero attached hydrogens (tertiary/aromatic N) is 1. The van der Waals surface area contributed by atoms with Crippen molar-refractivity contribution in [1.82, 2.24) is 4.98 Å². The summed E-state index contributed by atoms with van der Waals surface area (Å²) >= 11 is 11.2. The van der Waals surface area contributed by atoms with Crippen molar-refractivity contribution in [2.24, 2.45) is 0 Å². The monoisotopic (exact) mass is 288 g/mol. The van der Waals surface area contributed by atoms with Crippen molar-refractivity contribution in [3.63, 3.8) is 0 Å². The number of carbonyl (C=O) groups excluding carboxylic acids is 1. The Morgan fingerprint density at radius 1 is 1.44 bits per heavy atom. The van der Waals surface area contributed by atoms with E-state index in [2.05, 4.69) is 10.3 Å². The maximum Gasteiger partial charge on any atom is 0.412 e. The molecule has 18 heavy (non-hydrogen) atoms. The van der Waals surface area contributed by atoms with E-state index in [0.717, 1.165) is 0 Å². The molecule has 1 rings (SSSR count). The van der Waals surface area contributed by atoms with Gasteiger partial charge in [-0.1, -0.05) is 23.2 Å². The average Bonchev–Trinajstić information content (AvgIpc) is 2.17. The van der Waals surface area contributed by atoms with Crippen molar-refractivity contribution >= 4 is 41.1 Å². The summed E-state index contributed by atoms with van der Waals surface area (Å²) in [6.45, 7) is 5.35. The van der Waals surface area contributed by atoms with Gasteiger partial charge in [-0.25, -0.2) is 4.79 Å². The molecule has 0 aliphatic carbocycles. The highest BCUT2D eigenvalue weighted by Crippen LogP contribution is 2.21. The van der Waals surface area contributed by atoms with Crippen LogP contribution in [0.5, 0.6) is 0 Å². The third-order valence-electron chi connectivity index (χ3n) is 1.76. The predicted molar refractivity (Wildman–Crippen MR) is 73.8 cm³/mol. The van der Waals surface area contributed by atoms with E-state index in [1.807, 2.05) is 0 Å². The third kappa shape index (κ3) is 5.38. The summed E-state index contributed by atoms with van der Waals surface area (Å²) < 4.78 is 5.23. The van der Waals surface area contributed by atoms with Gasteiger partial charge in [0.2, 0.25) is 0 Å². The van der Waals surface area contributed by atoms with E-state index in [9.17, 15) is 4.79 Å². The van der Waals surface area contributed by atoms with Crippen molar-refractivity contribution in [1.29, 1.82) is 0 Å². The van der Waals surface area contributed by atoms with Gasteiger partial charge >= 0.3 is 6.09 Å².